The van der Waals surface area contributed by atoms with Gasteiger partial charge < -0.3 is 10.6 Å². The monoisotopic (exact) mass is 233 g/mol. The molecule has 2 rings (SSSR count). The van der Waals surface area contributed by atoms with Crippen LogP contribution in [-0.4, -0.2) is 18.1 Å². The molecule has 94 valence electrons. The highest BCUT2D eigenvalue weighted by molar-refractivity contribution is 5.39. The summed E-state index contributed by atoms with van der Waals surface area (Å²) in [5.74, 6) is 1.10. The Balaban J connectivity index is 2.00. The van der Waals surface area contributed by atoms with E-state index >= 15 is 0 Å². The Morgan fingerprint density at radius 2 is 2.06 bits per heavy atom. The van der Waals surface area contributed by atoms with E-state index in [1.165, 1.54) is 19.3 Å². The molecule has 1 aliphatic heterocycles. The molecule has 1 aliphatic rings. The van der Waals surface area contributed by atoms with Crippen LogP contribution in [0.5, 0.6) is 0 Å². The normalized spacial score (nSPS) is 19.4. The first-order valence-electron chi connectivity index (χ1n) is 6.57. The van der Waals surface area contributed by atoms with Crippen LogP contribution in [0.1, 0.15) is 38.7 Å². The quantitative estimate of drug-likeness (QED) is 0.872. The van der Waals surface area contributed by atoms with Crippen LogP contribution in [0, 0.1) is 5.41 Å². The van der Waals surface area contributed by atoms with Crippen LogP contribution in [0.4, 0.5) is 5.82 Å². The van der Waals surface area contributed by atoms with Crippen molar-refractivity contribution in [2.24, 2.45) is 11.1 Å². The highest BCUT2D eigenvalue weighted by Gasteiger charge is 2.28. The van der Waals surface area contributed by atoms with E-state index in [9.17, 15) is 0 Å². The SMILES string of the molecule is CCC1(C)CCN(c2ccc(CN)cn2)CC1. The average Bonchev–Trinajstić information content (AvgIpc) is 2.40. The van der Waals surface area contributed by atoms with Gasteiger partial charge in [-0.1, -0.05) is 26.3 Å². The van der Waals surface area contributed by atoms with Crippen LogP contribution in [0.15, 0.2) is 18.3 Å². The highest BCUT2D eigenvalue weighted by atomic mass is 15.2. The van der Waals surface area contributed by atoms with E-state index in [4.69, 9.17) is 5.73 Å². The number of rotatable bonds is 3. The van der Waals surface area contributed by atoms with Crippen molar-refractivity contribution in [2.75, 3.05) is 18.0 Å². The molecule has 1 fully saturated rings. The summed E-state index contributed by atoms with van der Waals surface area (Å²) in [6, 6.07) is 4.17. The van der Waals surface area contributed by atoms with Gasteiger partial charge in [0.05, 0.1) is 0 Å². The summed E-state index contributed by atoms with van der Waals surface area (Å²) >= 11 is 0. The second kappa shape index (κ2) is 5.05. The molecule has 0 bridgehead atoms. The maximum atomic E-state index is 5.58. The van der Waals surface area contributed by atoms with Crippen molar-refractivity contribution >= 4 is 5.82 Å². The Morgan fingerprint density at radius 3 is 2.53 bits per heavy atom. The standard InChI is InChI=1S/C14H23N3/c1-3-14(2)6-8-17(9-7-14)13-5-4-12(10-15)11-16-13/h4-5,11H,3,6-10,15H2,1-2H3. The van der Waals surface area contributed by atoms with E-state index in [1.807, 2.05) is 6.20 Å². The van der Waals surface area contributed by atoms with Crippen LogP contribution in [-0.2, 0) is 6.54 Å². The van der Waals surface area contributed by atoms with Crippen molar-refractivity contribution in [1.29, 1.82) is 0 Å². The number of anilines is 1. The third-order valence-electron chi connectivity index (χ3n) is 4.19. The molecule has 2 heterocycles. The largest absolute Gasteiger partial charge is 0.357 e. The molecule has 17 heavy (non-hydrogen) atoms. The Hall–Kier alpha value is -1.09. The number of pyridine rings is 1. The summed E-state index contributed by atoms with van der Waals surface area (Å²) < 4.78 is 0. The molecule has 3 heteroatoms. The summed E-state index contributed by atoms with van der Waals surface area (Å²) in [7, 11) is 0. The van der Waals surface area contributed by atoms with E-state index in [0.717, 1.165) is 24.5 Å². The molecule has 1 aromatic rings. The van der Waals surface area contributed by atoms with E-state index in [2.05, 4.69) is 35.9 Å². The maximum absolute atomic E-state index is 5.58. The van der Waals surface area contributed by atoms with Gasteiger partial charge in [0.15, 0.2) is 0 Å². The second-order valence-corrected chi connectivity index (χ2v) is 5.38. The number of piperidine rings is 1. The zero-order valence-electron chi connectivity index (χ0n) is 10.9. The van der Waals surface area contributed by atoms with Gasteiger partial charge in [0.2, 0.25) is 0 Å². The van der Waals surface area contributed by atoms with Crippen LogP contribution in [0.25, 0.3) is 0 Å². The molecule has 1 aromatic heterocycles. The minimum Gasteiger partial charge on any atom is -0.357 e. The van der Waals surface area contributed by atoms with E-state index < -0.39 is 0 Å². The molecule has 1 saturated heterocycles. The van der Waals surface area contributed by atoms with E-state index in [0.29, 0.717) is 12.0 Å². The number of hydrogen-bond donors (Lipinski definition) is 1. The molecule has 2 N–H and O–H groups in total. The predicted molar refractivity (Wildman–Crippen MR) is 72.0 cm³/mol. The molecule has 0 spiro atoms. The van der Waals surface area contributed by atoms with E-state index in [-0.39, 0.29) is 0 Å². The summed E-state index contributed by atoms with van der Waals surface area (Å²) in [5, 5.41) is 0. The first-order valence-corrected chi connectivity index (χ1v) is 6.57. The number of hydrogen-bond acceptors (Lipinski definition) is 3. The lowest BCUT2D eigenvalue weighted by molar-refractivity contribution is 0.238. The minimum absolute atomic E-state index is 0.535. The Morgan fingerprint density at radius 1 is 1.35 bits per heavy atom. The van der Waals surface area contributed by atoms with Crippen LogP contribution in [0.3, 0.4) is 0 Å². The lowest BCUT2D eigenvalue weighted by Crippen LogP contribution is -2.38. The fraction of sp³-hybridized carbons (Fsp3) is 0.643. The van der Waals surface area contributed by atoms with Crippen LogP contribution >= 0.6 is 0 Å². The lowest BCUT2D eigenvalue weighted by Gasteiger charge is -2.39. The Labute approximate surface area is 104 Å². The fourth-order valence-electron chi connectivity index (χ4n) is 2.35. The second-order valence-electron chi connectivity index (χ2n) is 5.38. The van der Waals surface area contributed by atoms with Gasteiger partial charge >= 0.3 is 0 Å². The minimum atomic E-state index is 0.535. The van der Waals surface area contributed by atoms with Gasteiger partial charge in [-0.25, -0.2) is 4.98 Å². The van der Waals surface area contributed by atoms with Crippen molar-refractivity contribution in [3.05, 3.63) is 23.9 Å². The molecule has 0 saturated carbocycles. The Bertz CT molecular complexity index is 350. The molecule has 0 aliphatic carbocycles. The summed E-state index contributed by atoms with van der Waals surface area (Å²) in [6.45, 7) is 7.51. The van der Waals surface area contributed by atoms with Gasteiger partial charge in [-0.05, 0) is 29.9 Å². The molecule has 3 nitrogen and oxygen atoms in total. The third-order valence-corrected chi connectivity index (χ3v) is 4.19. The smallest absolute Gasteiger partial charge is 0.128 e. The van der Waals surface area contributed by atoms with Crippen LogP contribution in [0.2, 0.25) is 0 Å². The number of nitrogens with zero attached hydrogens (tertiary/aromatic N) is 2. The van der Waals surface area contributed by atoms with Gasteiger partial charge in [0, 0.05) is 25.8 Å². The average molecular weight is 233 g/mol. The van der Waals surface area contributed by atoms with Crippen molar-refractivity contribution < 1.29 is 0 Å². The van der Waals surface area contributed by atoms with Gasteiger partial charge in [-0.15, -0.1) is 0 Å². The van der Waals surface area contributed by atoms with Gasteiger partial charge in [-0.3, -0.25) is 0 Å². The lowest BCUT2D eigenvalue weighted by atomic mass is 9.78. The van der Waals surface area contributed by atoms with Crippen LogP contribution < -0.4 is 10.6 Å². The van der Waals surface area contributed by atoms with Crippen molar-refractivity contribution in [3.8, 4) is 0 Å². The zero-order chi connectivity index (χ0) is 12.3. The molecule has 0 amide bonds. The summed E-state index contributed by atoms with van der Waals surface area (Å²) in [4.78, 5) is 6.88. The van der Waals surface area contributed by atoms with Gasteiger partial charge in [0.1, 0.15) is 5.82 Å². The third kappa shape index (κ3) is 2.78. The number of aromatic nitrogens is 1. The molecule has 0 atom stereocenters. The predicted octanol–water partition coefficient (Wildman–Crippen LogP) is 2.56. The highest BCUT2D eigenvalue weighted by Crippen LogP contribution is 2.35. The van der Waals surface area contributed by atoms with E-state index in [1.54, 1.807) is 0 Å². The van der Waals surface area contributed by atoms with Gasteiger partial charge in [0.25, 0.3) is 0 Å². The first-order chi connectivity index (χ1) is 8.17. The van der Waals surface area contributed by atoms with Gasteiger partial charge in [-0.2, -0.15) is 0 Å². The van der Waals surface area contributed by atoms with Crippen molar-refractivity contribution in [3.63, 3.8) is 0 Å². The molecule has 0 aromatic carbocycles. The fourth-order valence-corrected chi connectivity index (χ4v) is 2.35. The van der Waals surface area contributed by atoms with Crippen molar-refractivity contribution in [2.45, 2.75) is 39.7 Å². The molecule has 0 radical (unpaired) electrons. The van der Waals surface area contributed by atoms with Crippen molar-refractivity contribution in [1.82, 2.24) is 4.98 Å². The summed E-state index contributed by atoms with van der Waals surface area (Å²) in [5.41, 5.74) is 7.21. The Kier molecular flexibility index (Phi) is 3.67. The first kappa shape index (κ1) is 12.4. The maximum Gasteiger partial charge on any atom is 0.128 e. The topological polar surface area (TPSA) is 42.1 Å². The molecular weight excluding hydrogens is 210 g/mol. The summed E-state index contributed by atoms with van der Waals surface area (Å²) in [6.07, 6.45) is 5.71. The number of nitrogens with two attached hydrogens (primary N) is 1. The molecule has 0 unspecified atom stereocenters. The molecular formula is C14H23N3. The zero-order valence-corrected chi connectivity index (χ0v) is 10.9.